The van der Waals surface area contributed by atoms with Crippen molar-refractivity contribution in [2.24, 2.45) is 0 Å². The number of nitrogens with one attached hydrogen (secondary N) is 1. The third kappa shape index (κ3) is 5.72. The van der Waals surface area contributed by atoms with Crippen molar-refractivity contribution >= 4 is 13.5 Å². The van der Waals surface area contributed by atoms with Crippen molar-refractivity contribution in [1.82, 2.24) is 5.09 Å². The molecule has 1 unspecified atom stereocenters. The molecule has 2 rings (SSSR count). The molecule has 0 aromatic heterocycles. The largest absolute Gasteiger partial charge is 0.460 e. The molecule has 1 atom stereocenters. The number of benzene rings is 2. The number of rotatable bonds is 7. The van der Waals surface area contributed by atoms with Crippen LogP contribution in [-0.2, 0) is 20.7 Å². The molecule has 5 nitrogen and oxygen atoms in total. The van der Waals surface area contributed by atoms with Crippen LogP contribution in [0.25, 0.3) is 0 Å². The summed E-state index contributed by atoms with van der Waals surface area (Å²) in [5, 5.41) is 2.60. The second-order valence-electron chi connectivity index (χ2n) is 4.73. The van der Waals surface area contributed by atoms with Crippen LogP contribution < -0.4 is 9.61 Å². The van der Waals surface area contributed by atoms with E-state index in [-0.39, 0.29) is 13.2 Å². The fraction of sp³-hybridized carbons (Fsp3) is 0.188. The van der Waals surface area contributed by atoms with E-state index >= 15 is 0 Å². The van der Waals surface area contributed by atoms with Crippen molar-refractivity contribution in [2.45, 2.75) is 6.61 Å². The van der Waals surface area contributed by atoms with Crippen LogP contribution in [0.1, 0.15) is 5.56 Å². The molecule has 0 saturated carbocycles. The molecule has 0 spiro atoms. The van der Waals surface area contributed by atoms with Crippen molar-refractivity contribution in [2.75, 3.05) is 13.2 Å². The van der Waals surface area contributed by atoms with Gasteiger partial charge >= 0.3 is 13.5 Å². The van der Waals surface area contributed by atoms with Gasteiger partial charge in [-0.2, -0.15) is 0 Å². The Bertz CT molecular complexity index is 646. The van der Waals surface area contributed by atoms with E-state index in [9.17, 15) is 9.36 Å². The van der Waals surface area contributed by atoms with Gasteiger partial charge in [0.05, 0.1) is 0 Å². The molecule has 0 bridgehead atoms. The monoisotopic (exact) mass is 319 g/mol. The van der Waals surface area contributed by atoms with Crippen LogP contribution in [0.4, 0.5) is 0 Å². The van der Waals surface area contributed by atoms with Crippen molar-refractivity contribution in [1.29, 1.82) is 0 Å². The summed E-state index contributed by atoms with van der Waals surface area (Å²) in [6, 6.07) is 18.2. The summed E-state index contributed by atoms with van der Waals surface area (Å²) < 4.78 is 22.7. The van der Waals surface area contributed by atoms with Gasteiger partial charge in [0.2, 0.25) is 0 Å². The Hall–Kier alpha value is -2.10. The van der Waals surface area contributed by atoms with E-state index in [1.54, 1.807) is 24.3 Å². The standard InChI is InChI=1S/C16H18NO4P/c1-22(19,21-15-10-6-3-7-11-15)17-12-16(18)20-13-14-8-4-2-5-9-14/h2-11H,12-13H2,1H3,(H,17,19). The molecule has 0 heterocycles. The van der Waals surface area contributed by atoms with Gasteiger partial charge in [-0.05, 0) is 17.7 Å². The highest BCUT2D eigenvalue weighted by molar-refractivity contribution is 7.56. The Morgan fingerprint density at radius 2 is 1.64 bits per heavy atom. The summed E-state index contributed by atoms with van der Waals surface area (Å²) in [7, 11) is -3.11. The Labute approximate surface area is 129 Å². The number of ether oxygens (including phenoxy) is 1. The van der Waals surface area contributed by atoms with Crippen LogP contribution in [-0.4, -0.2) is 19.2 Å². The number of esters is 1. The minimum absolute atomic E-state index is 0.173. The Balaban J connectivity index is 1.76. The zero-order chi connectivity index (χ0) is 15.8. The quantitative estimate of drug-likeness (QED) is 0.627. The Morgan fingerprint density at radius 1 is 1.05 bits per heavy atom. The first-order valence-corrected chi connectivity index (χ1v) is 8.89. The molecular formula is C16H18NO4P. The van der Waals surface area contributed by atoms with E-state index in [0.717, 1.165) is 5.56 Å². The van der Waals surface area contributed by atoms with Gasteiger partial charge in [-0.15, -0.1) is 0 Å². The lowest BCUT2D eigenvalue weighted by Gasteiger charge is -2.16. The van der Waals surface area contributed by atoms with Crippen LogP contribution in [0.2, 0.25) is 0 Å². The van der Waals surface area contributed by atoms with Crippen molar-refractivity contribution in [3.05, 3.63) is 66.2 Å². The fourth-order valence-electron chi connectivity index (χ4n) is 1.71. The van der Waals surface area contributed by atoms with E-state index in [1.807, 2.05) is 36.4 Å². The van der Waals surface area contributed by atoms with Gasteiger partial charge in [0.1, 0.15) is 18.9 Å². The molecule has 0 radical (unpaired) electrons. The van der Waals surface area contributed by atoms with Gasteiger partial charge in [-0.1, -0.05) is 48.5 Å². The summed E-state index contributed by atoms with van der Waals surface area (Å²) in [5.41, 5.74) is 0.899. The van der Waals surface area contributed by atoms with Gasteiger partial charge in [0.25, 0.3) is 0 Å². The Morgan fingerprint density at radius 3 is 2.27 bits per heavy atom. The third-order valence-electron chi connectivity index (χ3n) is 2.78. The lowest BCUT2D eigenvalue weighted by molar-refractivity contribution is -0.143. The van der Waals surface area contributed by atoms with Crippen LogP contribution in [0.15, 0.2) is 60.7 Å². The normalized spacial score (nSPS) is 13.1. The van der Waals surface area contributed by atoms with Crippen molar-refractivity contribution in [3.63, 3.8) is 0 Å². The number of carbonyl (C=O) groups is 1. The number of para-hydroxylation sites is 1. The van der Waals surface area contributed by atoms with Gasteiger partial charge in [-0.25, -0.2) is 5.09 Å². The summed E-state index contributed by atoms with van der Waals surface area (Å²) >= 11 is 0. The first-order chi connectivity index (χ1) is 10.6. The van der Waals surface area contributed by atoms with Gasteiger partial charge in [0.15, 0.2) is 0 Å². The number of carbonyl (C=O) groups excluding carboxylic acids is 1. The van der Waals surface area contributed by atoms with Crippen LogP contribution in [0.3, 0.4) is 0 Å². The van der Waals surface area contributed by atoms with Crippen LogP contribution >= 0.6 is 7.52 Å². The van der Waals surface area contributed by atoms with Crippen molar-refractivity contribution in [3.8, 4) is 5.75 Å². The molecular weight excluding hydrogens is 301 g/mol. The summed E-state index contributed by atoms with van der Waals surface area (Å²) in [4.78, 5) is 11.7. The number of hydrogen-bond donors (Lipinski definition) is 1. The third-order valence-corrected chi connectivity index (χ3v) is 4.07. The summed E-state index contributed by atoms with van der Waals surface area (Å²) in [6.07, 6.45) is 0. The molecule has 0 fully saturated rings. The molecule has 0 amide bonds. The highest BCUT2D eigenvalue weighted by atomic mass is 31.2. The highest BCUT2D eigenvalue weighted by Crippen LogP contribution is 2.38. The maximum absolute atomic E-state index is 12.2. The first kappa shape index (κ1) is 16.3. The minimum atomic E-state index is -3.11. The molecule has 1 N–H and O–H groups in total. The molecule has 2 aromatic rings. The molecule has 0 aliphatic rings. The van der Waals surface area contributed by atoms with Gasteiger partial charge in [0, 0.05) is 6.66 Å². The second-order valence-corrected chi connectivity index (χ2v) is 6.92. The van der Waals surface area contributed by atoms with Gasteiger partial charge < -0.3 is 9.26 Å². The summed E-state index contributed by atoms with van der Waals surface area (Å²) in [6.45, 7) is 1.44. The van der Waals surface area contributed by atoms with Gasteiger partial charge in [-0.3, -0.25) is 9.36 Å². The van der Waals surface area contributed by atoms with Crippen LogP contribution in [0, 0.1) is 0 Å². The molecule has 0 aliphatic carbocycles. The van der Waals surface area contributed by atoms with E-state index < -0.39 is 13.5 Å². The minimum Gasteiger partial charge on any atom is -0.460 e. The SMILES string of the molecule is CP(=O)(NCC(=O)OCc1ccccc1)Oc1ccccc1. The van der Waals surface area contributed by atoms with Crippen LogP contribution in [0.5, 0.6) is 5.75 Å². The van der Waals surface area contributed by atoms with E-state index in [1.165, 1.54) is 6.66 Å². The molecule has 0 saturated heterocycles. The molecule has 0 aliphatic heterocycles. The van der Waals surface area contributed by atoms with E-state index in [4.69, 9.17) is 9.26 Å². The topological polar surface area (TPSA) is 64.6 Å². The zero-order valence-corrected chi connectivity index (χ0v) is 13.2. The molecule has 6 heteroatoms. The van der Waals surface area contributed by atoms with E-state index in [2.05, 4.69) is 5.09 Å². The average molecular weight is 319 g/mol. The summed E-state index contributed by atoms with van der Waals surface area (Å²) in [5.74, 6) is 0.000996. The molecule has 22 heavy (non-hydrogen) atoms. The Kier molecular flexibility index (Phi) is 5.75. The number of hydrogen-bond acceptors (Lipinski definition) is 4. The predicted molar refractivity (Wildman–Crippen MR) is 84.8 cm³/mol. The maximum Gasteiger partial charge on any atom is 0.320 e. The smallest absolute Gasteiger partial charge is 0.320 e. The fourth-order valence-corrected chi connectivity index (χ4v) is 2.72. The maximum atomic E-state index is 12.2. The highest BCUT2D eigenvalue weighted by Gasteiger charge is 2.18. The first-order valence-electron chi connectivity index (χ1n) is 6.82. The lowest BCUT2D eigenvalue weighted by Crippen LogP contribution is -2.23. The van der Waals surface area contributed by atoms with E-state index in [0.29, 0.717) is 5.75 Å². The second kappa shape index (κ2) is 7.78. The zero-order valence-electron chi connectivity index (χ0n) is 12.3. The molecule has 116 valence electrons. The predicted octanol–water partition coefficient (Wildman–Crippen LogP) is 3.22. The van der Waals surface area contributed by atoms with Crippen molar-refractivity contribution < 1.29 is 18.6 Å². The lowest BCUT2D eigenvalue weighted by atomic mass is 10.2. The average Bonchev–Trinajstić information content (AvgIpc) is 2.53. The molecule has 2 aromatic carbocycles.